The lowest BCUT2D eigenvalue weighted by atomic mass is 10.1. The molecule has 0 radical (unpaired) electrons. The van der Waals surface area contributed by atoms with Gasteiger partial charge >= 0.3 is 0 Å². The van der Waals surface area contributed by atoms with Crippen LogP contribution >= 0.6 is 0 Å². The lowest BCUT2D eigenvalue weighted by molar-refractivity contribution is -0.384. The van der Waals surface area contributed by atoms with Crippen molar-refractivity contribution >= 4 is 28.3 Å². The molecule has 0 atom stereocenters. The maximum Gasteiger partial charge on any atom is 0.296 e. The Labute approximate surface area is 137 Å². The van der Waals surface area contributed by atoms with Crippen molar-refractivity contribution in [1.82, 2.24) is 0 Å². The first-order chi connectivity index (χ1) is 11.5. The Kier molecular flexibility index (Phi) is 3.91. The Balaban J connectivity index is 1.97. The Hall–Kier alpha value is -3.35. The highest BCUT2D eigenvalue weighted by Gasteiger charge is 2.22. The number of methoxy groups -OCH3 is 1. The molecule has 1 heterocycles. The molecule has 0 bridgehead atoms. The number of anilines is 1. The van der Waals surface area contributed by atoms with E-state index in [0.717, 1.165) is 5.39 Å². The van der Waals surface area contributed by atoms with Crippen molar-refractivity contribution in [1.29, 1.82) is 0 Å². The van der Waals surface area contributed by atoms with Crippen molar-refractivity contribution in [2.24, 2.45) is 0 Å². The predicted molar refractivity (Wildman–Crippen MR) is 88.6 cm³/mol. The van der Waals surface area contributed by atoms with Crippen LogP contribution in [-0.4, -0.2) is 17.9 Å². The van der Waals surface area contributed by atoms with Crippen LogP contribution in [0.15, 0.2) is 46.9 Å². The molecule has 0 unspecified atom stereocenters. The number of carbonyl (C=O) groups excluding carboxylic acids is 1. The minimum absolute atomic E-state index is 0.0747. The molecule has 1 aromatic heterocycles. The fourth-order valence-electron chi connectivity index (χ4n) is 2.47. The number of aryl methyl sites for hydroxylation is 1. The van der Waals surface area contributed by atoms with Gasteiger partial charge in [0.1, 0.15) is 17.0 Å². The number of hydrogen-bond acceptors (Lipinski definition) is 5. The summed E-state index contributed by atoms with van der Waals surface area (Å²) in [6.07, 6.45) is 0. The molecular formula is C17H14N2O5. The van der Waals surface area contributed by atoms with Crippen LogP contribution in [0, 0.1) is 17.0 Å². The summed E-state index contributed by atoms with van der Waals surface area (Å²) in [6.45, 7) is 1.77. The van der Waals surface area contributed by atoms with E-state index in [2.05, 4.69) is 5.32 Å². The van der Waals surface area contributed by atoms with Crippen molar-refractivity contribution in [3.05, 3.63) is 63.9 Å². The summed E-state index contributed by atoms with van der Waals surface area (Å²) in [5.74, 6) is -0.0853. The third kappa shape index (κ3) is 2.67. The van der Waals surface area contributed by atoms with Crippen LogP contribution in [0.2, 0.25) is 0 Å². The number of amides is 1. The third-order valence-electron chi connectivity index (χ3n) is 3.70. The van der Waals surface area contributed by atoms with E-state index in [1.54, 1.807) is 19.1 Å². The lowest BCUT2D eigenvalue weighted by Crippen LogP contribution is -2.13. The van der Waals surface area contributed by atoms with Crippen molar-refractivity contribution < 1.29 is 18.9 Å². The molecule has 1 amide bonds. The molecule has 0 aliphatic rings. The highest BCUT2D eigenvalue weighted by atomic mass is 16.6. The zero-order valence-corrected chi connectivity index (χ0v) is 13.0. The molecule has 0 aliphatic carbocycles. The van der Waals surface area contributed by atoms with Crippen LogP contribution in [0.4, 0.5) is 11.4 Å². The number of nitrogens with zero attached hydrogens (tertiary/aromatic N) is 1. The second kappa shape index (κ2) is 6.04. The van der Waals surface area contributed by atoms with Gasteiger partial charge in [0.25, 0.3) is 11.6 Å². The number of fused-ring (bicyclic) bond motifs is 1. The summed E-state index contributed by atoms with van der Waals surface area (Å²) < 4.78 is 10.5. The van der Waals surface area contributed by atoms with Gasteiger partial charge in [0, 0.05) is 10.9 Å². The van der Waals surface area contributed by atoms with Gasteiger partial charge < -0.3 is 14.5 Å². The molecule has 24 heavy (non-hydrogen) atoms. The van der Waals surface area contributed by atoms with Gasteiger partial charge in [-0.3, -0.25) is 14.9 Å². The summed E-state index contributed by atoms with van der Waals surface area (Å²) in [4.78, 5) is 23.1. The number of benzene rings is 2. The summed E-state index contributed by atoms with van der Waals surface area (Å²) in [5.41, 5.74) is 1.09. The van der Waals surface area contributed by atoms with Gasteiger partial charge in [-0.1, -0.05) is 18.2 Å². The summed E-state index contributed by atoms with van der Waals surface area (Å²) in [5, 5.41) is 14.5. The fourth-order valence-corrected chi connectivity index (χ4v) is 2.47. The highest BCUT2D eigenvalue weighted by Crippen LogP contribution is 2.31. The largest absolute Gasteiger partial charge is 0.496 e. The number of carbonyl (C=O) groups is 1. The zero-order valence-electron chi connectivity index (χ0n) is 13.0. The number of hydrogen-bond donors (Lipinski definition) is 1. The average Bonchev–Trinajstić information content (AvgIpc) is 2.92. The molecular weight excluding hydrogens is 312 g/mol. The maximum atomic E-state index is 12.5. The number of nitro benzene ring substituents is 1. The molecule has 0 aliphatic heterocycles. The standard InChI is InChI=1S/C17H14N2O5/c1-10-12-5-3-4-6-15(12)24-16(10)17(20)18-13-8-7-11(23-2)9-14(13)19(21)22/h3-9H,1-2H3,(H,18,20). The number of rotatable bonds is 4. The normalized spacial score (nSPS) is 10.6. The number of nitro groups is 1. The molecule has 0 saturated carbocycles. The predicted octanol–water partition coefficient (Wildman–Crippen LogP) is 3.91. The smallest absolute Gasteiger partial charge is 0.296 e. The third-order valence-corrected chi connectivity index (χ3v) is 3.70. The number of para-hydroxylation sites is 1. The molecule has 0 fully saturated rings. The van der Waals surface area contributed by atoms with Gasteiger partial charge in [0.15, 0.2) is 5.76 Å². The van der Waals surface area contributed by atoms with Gasteiger partial charge in [-0.05, 0) is 25.1 Å². The quantitative estimate of drug-likeness (QED) is 0.579. The van der Waals surface area contributed by atoms with Gasteiger partial charge in [0.05, 0.1) is 18.1 Å². The first-order valence-electron chi connectivity index (χ1n) is 7.13. The number of ether oxygens (including phenoxy) is 1. The minimum Gasteiger partial charge on any atom is -0.496 e. The van der Waals surface area contributed by atoms with Crippen LogP contribution in [0.1, 0.15) is 16.1 Å². The van der Waals surface area contributed by atoms with E-state index in [-0.39, 0.29) is 17.1 Å². The lowest BCUT2D eigenvalue weighted by Gasteiger charge is -2.06. The van der Waals surface area contributed by atoms with Crippen molar-refractivity contribution in [3.8, 4) is 5.75 Å². The fraction of sp³-hybridized carbons (Fsp3) is 0.118. The zero-order chi connectivity index (χ0) is 17.3. The van der Waals surface area contributed by atoms with Crippen molar-refractivity contribution in [2.45, 2.75) is 6.92 Å². The monoisotopic (exact) mass is 326 g/mol. The number of furan rings is 1. The van der Waals surface area contributed by atoms with Crippen molar-refractivity contribution in [2.75, 3.05) is 12.4 Å². The molecule has 7 heteroatoms. The van der Waals surface area contributed by atoms with Crippen LogP contribution < -0.4 is 10.1 Å². The minimum atomic E-state index is -0.580. The average molecular weight is 326 g/mol. The van der Waals surface area contributed by atoms with Crippen LogP contribution in [-0.2, 0) is 0 Å². The van der Waals surface area contributed by atoms with E-state index in [1.807, 2.05) is 12.1 Å². The second-order valence-corrected chi connectivity index (χ2v) is 5.15. The highest BCUT2D eigenvalue weighted by molar-refractivity contribution is 6.07. The topological polar surface area (TPSA) is 94.6 Å². The van der Waals surface area contributed by atoms with Crippen LogP contribution in [0.25, 0.3) is 11.0 Å². The van der Waals surface area contributed by atoms with E-state index < -0.39 is 10.8 Å². The van der Waals surface area contributed by atoms with Gasteiger partial charge in [0.2, 0.25) is 0 Å². The maximum absolute atomic E-state index is 12.5. The van der Waals surface area contributed by atoms with Gasteiger partial charge in [-0.15, -0.1) is 0 Å². The SMILES string of the molecule is COc1ccc(NC(=O)c2oc3ccccc3c2C)c([N+](=O)[O-])c1. The second-order valence-electron chi connectivity index (χ2n) is 5.15. The van der Waals surface area contributed by atoms with Gasteiger partial charge in [-0.25, -0.2) is 0 Å². The molecule has 3 rings (SSSR count). The molecule has 1 N–H and O–H groups in total. The van der Waals surface area contributed by atoms with Gasteiger partial charge in [-0.2, -0.15) is 0 Å². The first-order valence-corrected chi connectivity index (χ1v) is 7.13. The Bertz CT molecular complexity index is 945. The van der Waals surface area contributed by atoms with Crippen LogP contribution in [0.5, 0.6) is 5.75 Å². The molecule has 3 aromatic rings. The summed E-state index contributed by atoms with van der Waals surface area (Å²) >= 11 is 0. The Morgan fingerprint density at radius 3 is 2.67 bits per heavy atom. The van der Waals surface area contributed by atoms with E-state index in [0.29, 0.717) is 16.9 Å². The molecule has 0 spiro atoms. The summed E-state index contributed by atoms with van der Waals surface area (Å²) in [7, 11) is 1.41. The van der Waals surface area contributed by atoms with E-state index in [9.17, 15) is 14.9 Å². The van der Waals surface area contributed by atoms with E-state index in [4.69, 9.17) is 9.15 Å². The summed E-state index contributed by atoms with van der Waals surface area (Å²) in [6, 6.07) is 11.5. The van der Waals surface area contributed by atoms with E-state index >= 15 is 0 Å². The molecule has 2 aromatic carbocycles. The number of nitrogens with one attached hydrogen (secondary N) is 1. The molecule has 0 saturated heterocycles. The van der Waals surface area contributed by atoms with E-state index in [1.165, 1.54) is 25.3 Å². The Morgan fingerprint density at radius 1 is 1.25 bits per heavy atom. The van der Waals surface area contributed by atoms with Crippen LogP contribution in [0.3, 0.4) is 0 Å². The van der Waals surface area contributed by atoms with Crippen molar-refractivity contribution in [3.63, 3.8) is 0 Å². The first kappa shape index (κ1) is 15.5. The Morgan fingerprint density at radius 2 is 2.00 bits per heavy atom. The molecule has 7 nitrogen and oxygen atoms in total. The molecule has 122 valence electrons.